The molecule has 1 aromatic carbocycles. The fraction of sp³-hybridized carbons (Fsp3) is 0.231. The van der Waals surface area contributed by atoms with Gasteiger partial charge in [0.15, 0.2) is 11.5 Å². The number of nitrogens with zero attached hydrogens (tertiary/aromatic N) is 1. The lowest BCUT2D eigenvalue weighted by Gasteiger charge is -2.10. The molecule has 1 saturated heterocycles. The molecule has 1 aromatic rings. The molecule has 0 spiro atoms. The molecule has 0 aliphatic carbocycles. The number of nitrogens with one attached hydrogen (secondary N) is 2. The average Bonchev–Trinajstić information content (AvgIpc) is 2.60. The van der Waals surface area contributed by atoms with Crippen molar-refractivity contribution in [3.63, 3.8) is 0 Å². The molecule has 19 heavy (non-hydrogen) atoms. The minimum absolute atomic E-state index is 0.0417. The number of hydrogen-bond donors (Lipinski definition) is 3. The van der Waals surface area contributed by atoms with Gasteiger partial charge in [0.2, 0.25) is 5.96 Å². The summed E-state index contributed by atoms with van der Waals surface area (Å²) in [6.45, 7) is 2.27. The molecule has 0 aromatic heterocycles. The van der Waals surface area contributed by atoms with Gasteiger partial charge in [-0.05, 0) is 30.7 Å². The van der Waals surface area contributed by atoms with Crippen LogP contribution in [-0.2, 0) is 4.79 Å². The number of likely N-dealkylation sites (N-methyl/N-ethyl adjacent to an activating group) is 1. The number of phenols is 1. The summed E-state index contributed by atoms with van der Waals surface area (Å²) in [6.07, 6.45) is 1.64. The molecule has 1 aliphatic heterocycles. The van der Waals surface area contributed by atoms with Gasteiger partial charge in [0.25, 0.3) is 5.91 Å². The van der Waals surface area contributed by atoms with Crippen molar-refractivity contribution in [2.75, 3.05) is 13.7 Å². The monoisotopic (exact) mass is 261 g/mol. The lowest BCUT2D eigenvalue weighted by molar-refractivity contribution is -0.115. The van der Waals surface area contributed by atoms with Gasteiger partial charge in [0, 0.05) is 7.05 Å². The largest absolute Gasteiger partial charge is 0.504 e. The number of rotatable bonds is 3. The Hall–Kier alpha value is -2.50. The van der Waals surface area contributed by atoms with Crippen molar-refractivity contribution in [2.24, 2.45) is 0 Å². The molecule has 0 atom stereocenters. The van der Waals surface area contributed by atoms with E-state index in [0.717, 1.165) is 0 Å². The molecule has 6 nitrogen and oxygen atoms in total. The molecule has 1 fully saturated rings. The van der Waals surface area contributed by atoms with Crippen LogP contribution < -0.4 is 10.1 Å². The maximum atomic E-state index is 11.6. The molecule has 0 unspecified atom stereocenters. The van der Waals surface area contributed by atoms with Gasteiger partial charge in [-0.25, -0.2) is 0 Å². The Kier molecular flexibility index (Phi) is 3.41. The van der Waals surface area contributed by atoms with E-state index in [9.17, 15) is 9.90 Å². The quantitative estimate of drug-likeness (QED) is 0.712. The van der Waals surface area contributed by atoms with E-state index in [-0.39, 0.29) is 17.6 Å². The minimum Gasteiger partial charge on any atom is -0.504 e. The molecular formula is C13H15N3O3. The van der Waals surface area contributed by atoms with Crippen LogP contribution in [0.1, 0.15) is 12.5 Å². The first-order valence-electron chi connectivity index (χ1n) is 5.84. The number of hydrogen-bond acceptors (Lipinski definition) is 4. The van der Waals surface area contributed by atoms with Gasteiger partial charge in [-0.2, -0.15) is 0 Å². The standard InChI is InChI=1S/C13H15N3O3/c1-3-19-11-7-8(4-5-10(11)17)6-9-12(18)15-13(14)16(9)2/h4-7,17H,3H2,1-2H3,(H2,14,15,18). The van der Waals surface area contributed by atoms with Crippen LogP contribution in [0.4, 0.5) is 0 Å². The third-order valence-corrected chi connectivity index (χ3v) is 2.75. The van der Waals surface area contributed by atoms with Gasteiger partial charge in [-0.1, -0.05) is 6.07 Å². The second kappa shape index (κ2) is 5.01. The van der Waals surface area contributed by atoms with Crippen molar-refractivity contribution in [1.82, 2.24) is 10.2 Å². The number of carbonyl (C=O) groups excluding carboxylic acids is 1. The third-order valence-electron chi connectivity index (χ3n) is 2.75. The Labute approximate surface area is 110 Å². The minimum atomic E-state index is -0.321. The van der Waals surface area contributed by atoms with Crippen molar-refractivity contribution in [3.05, 3.63) is 29.5 Å². The molecule has 0 saturated carbocycles. The van der Waals surface area contributed by atoms with Crippen molar-refractivity contribution >= 4 is 17.9 Å². The maximum Gasteiger partial charge on any atom is 0.274 e. The predicted molar refractivity (Wildman–Crippen MR) is 70.9 cm³/mol. The van der Waals surface area contributed by atoms with Crippen LogP contribution in [0, 0.1) is 5.41 Å². The fourth-order valence-corrected chi connectivity index (χ4v) is 1.74. The second-order valence-corrected chi connectivity index (χ2v) is 4.05. The Balaban J connectivity index is 2.35. The van der Waals surface area contributed by atoms with Crippen molar-refractivity contribution in [1.29, 1.82) is 5.41 Å². The molecule has 1 amide bonds. The fourth-order valence-electron chi connectivity index (χ4n) is 1.74. The first-order valence-corrected chi connectivity index (χ1v) is 5.84. The summed E-state index contributed by atoms with van der Waals surface area (Å²) < 4.78 is 5.28. The van der Waals surface area contributed by atoms with E-state index >= 15 is 0 Å². The topological polar surface area (TPSA) is 85.7 Å². The third kappa shape index (κ3) is 2.52. The second-order valence-electron chi connectivity index (χ2n) is 4.05. The van der Waals surface area contributed by atoms with E-state index in [4.69, 9.17) is 10.1 Å². The highest BCUT2D eigenvalue weighted by atomic mass is 16.5. The van der Waals surface area contributed by atoms with Crippen LogP contribution in [0.15, 0.2) is 23.9 Å². The van der Waals surface area contributed by atoms with Crippen LogP contribution >= 0.6 is 0 Å². The summed E-state index contributed by atoms with van der Waals surface area (Å²) in [5.74, 6) is 0.146. The van der Waals surface area contributed by atoms with Crippen LogP contribution in [0.5, 0.6) is 11.5 Å². The molecule has 0 bridgehead atoms. The number of carbonyl (C=O) groups is 1. The number of ether oxygens (including phenoxy) is 1. The van der Waals surface area contributed by atoms with Crippen LogP contribution in [0.2, 0.25) is 0 Å². The smallest absolute Gasteiger partial charge is 0.274 e. The van der Waals surface area contributed by atoms with E-state index in [2.05, 4.69) is 5.32 Å². The van der Waals surface area contributed by atoms with Crippen molar-refractivity contribution in [3.8, 4) is 11.5 Å². The Morgan fingerprint density at radius 2 is 2.26 bits per heavy atom. The maximum absolute atomic E-state index is 11.6. The average molecular weight is 261 g/mol. The molecule has 1 aliphatic rings. The zero-order valence-electron chi connectivity index (χ0n) is 10.7. The Morgan fingerprint density at radius 1 is 1.53 bits per heavy atom. The molecule has 100 valence electrons. The molecule has 3 N–H and O–H groups in total. The predicted octanol–water partition coefficient (Wildman–Crippen LogP) is 1.13. The Morgan fingerprint density at radius 3 is 2.84 bits per heavy atom. The summed E-state index contributed by atoms with van der Waals surface area (Å²) in [4.78, 5) is 13.1. The molecule has 1 heterocycles. The van der Waals surface area contributed by atoms with Crippen LogP contribution in [0.3, 0.4) is 0 Å². The zero-order chi connectivity index (χ0) is 14.0. The number of aromatic hydroxyl groups is 1. The lowest BCUT2D eigenvalue weighted by Crippen LogP contribution is -2.25. The number of guanidine groups is 1. The summed E-state index contributed by atoms with van der Waals surface area (Å²) >= 11 is 0. The lowest BCUT2D eigenvalue weighted by atomic mass is 10.1. The van der Waals surface area contributed by atoms with Gasteiger partial charge >= 0.3 is 0 Å². The van der Waals surface area contributed by atoms with Gasteiger partial charge < -0.3 is 14.7 Å². The van der Waals surface area contributed by atoms with Gasteiger partial charge in [0.1, 0.15) is 5.70 Å². The van der Waals surface area contributed by atoms with E-state index in [1.807, 2.05) is 6.92 Å². The van der Waals surface area contributed by atoms with Crippen LogP contribution in [0.25, 0.3) is 6.08 Å². The molecule has 0 radical (unpaired) electrons. The van der Waals surface area contributed by atoms with Crippen molar-refractivity contribution in [2.45, 2.75) is 6.92 Å². The first kappa shape index (κ1) is 12.9. The van der Waals surface area contributed by atoms with E-state index in [1.54, 1.807) is 25.3 Å². The van der Waals surface area contributed by atoms with Gasteiger partial charge in [-0.15, -0.1) is 0 Å². The number of phenolic OH excluding ortho intramolecular Hbond substituents is 1. The highest BCUT2D eigenvalue weighted by Crippen LogP contribution is 2.28. The summed E-state index contributed by atoms with van der Waals surface area (Å²) in [5, 5.41) is 19.5. The summed E-state index contributed by atoms with van der Waals surface area (Å²) in [5.41, 5.74) is 1.09. The SMILES string of the molecule is CCOc1cc(C=C2C(=O)NC(=N)N2C)ccc1O. The van der Waals surface area contributed by atoms with Gasteiger partial charge in [0.05, 0.1) is 6.61 Å². The Bertz CT molecular complexity index is 566. The van der Waals surface area contributed by atoms with Crippen molar-refractivity contribution < 1.29 is 14.6 Å². The summed E-state index contributed by atoms with van der Waals surface area (Å²) in [6, 6.07) is 4.83. The number of benzene rings is 1. The normalized spacial score (nSPS) is 16.9. The molecule has 2 rings (SSSR count). The number of amides is 1. The van der Waals surface area contributed by atoms with E-state index in [1.165, 1.54) is 11.0 Å². The highest BCUT2D eigenvalue weighted by Gasteiger charge is 2.26. The summed E-state index contributed by atoms with van der Waals surface area (Å²) in [7, 11) is 1.63. The van der Waals surface area contributed by atoms with E-state index < -0.39 is 0 Å². The first-order chi connectivity index (χ1) is 9.02. The van der Waals surface area contributed by atoms with E-state index in [0.29, 0.717) is 23.6 Å². The van der Waals surface area contributed by atoms with Crippen LogP contribution in [-0.4, -0.2) is 35.5 Å². The molecular weight excluding hydrogens is 246 g/mol. The zero-order valence-corrected chi connectivity index (χ0v) is 10.7. The van der Waals surface area contributed by atoms with Gasteiger partial charge in [-0.3, -0.25) is 15.5 Å². The molecule has 6 heteroatoms. The highest BCUT2D eigenvalue weighted by molar-refractivity contribution is 6.14.